The molecule has 0 aromatic carbocycles. The molecule has 0 spiro atoms. The summed E-state index contributed by atoms with van der Waals surface area (Å²) >= 11 is 0. The van der Waals surface area contributed by atoms with Crippen LogP contribution in [0.3, 0.4) is 0 Å². The number of hydrogen-bond donors (Lipinski definition) is 1. The van der Waals surface area contributed by atoms with Gasteiger partial charge in [0.2, 0.25) is 0 Å². The van der Waals surface area contributed by atoms with Crippen LogP contribution >= 0.6 is 0 Å². The fraction of sp³-hybridized carbons (Fsp3) is 0.545. The number of H-pyrrole nitrogens is 1. The average molecular weight is 429 g/mol. The first-order valence-corrected chi connectivity index (χ1v) is 11.0. The summed E-state index contributed by atoms with van der Waals surface area (Å²) in [4.78, 5) is 33.7. The minimum atomic E-state index is -0.273. The molecule has 2 fully saturated rings. The number of likely N-dealkylation sites (tertiary alicyclic amines) is 1. The van der Waals surface area contributed by atoms with Crippen molar-refractivity contribution in [1.29, 1.82) is 0 Å². The summed E-state index contributed by atoms with van der Waals surface area (Å²) in [5.41, 5.74) is 0.572. The molecule has 9 nitrogen and oxygen atoms in total. The number of ether oxygens (including phenoxy) is 2. The average Bonchev–Trinajstić information content (AvgIpc) is 3.52. The highest BCUT2D eigenvalue weighted by Crippen LogP contribution is 2.23. The van der Waals surface area contributed by atoms with Gasteiger partial charge in [0, 0.05) is 50.5 Å². The van der Waals surface area contributed by atoms with Crippen LogP contribution in [0.15, 0.2) is 36.8 Å². The SMILES string of the molecule is CCOC(=O)N1CCC(N(C[C@@H]2CCOC2)C(=O)c2ccc(-[n+]3ccc[nH]3)nc2)CC1. The Morgan fingerprint density at radius 1 is 1.32 bits per heavy atom. The lowest BCUT2D eigenvalue weighted by Gasteiger charge is -2.39. The minimum absolute atomic E-state index is 0.0166. The van der Waals surface area contributed by atoms with Crippen LogP contribution in [0.4, 0.5) is 4.79 Å². The Hall–Kier alpha value is -2.94. The highest BCUT2D eigenvalue weighted by atomic mass is 16.6. The molecule has 2 aliphatic rings. The molecule has 0 unspecified atom stereocenters. The van der Waals surface area contributed by atoms with Crippen LogP contribution < -0.4 is 4.68 Å². The lowest BCUT2D eigenvalue weighted by molar-refractivity contribution is -0.658. The van der Waals surface area contributed by atoms with E-state index < -0.39 is 0 Å². The van der Waals surface area contributed by atoms with E-state index in [1.807, 2.05) is 42.4 Å². The third-order valence-corrected chi connectivity index (χ3v) is 5.96. The first kappa shape index (κ1) is 21.3. The molecule has 1 atom stereocenters. The Labute approximate surface area is 181 Å². The van der Waals surface area contributed by atoms with Gasteiger partial charge in [-0.3, -0.25) is 4.79 Å². The van der Waals surface area contributed by atoms with Gasteiger partial charge in [-0.2, -0.15) is 0 Å². The van der Waals surface area contributed by atoms with Crippen molar-refractivity contribution in [3.63, 3.8) is 0 Å². The van der Waals surface area contributed by atoms with Gasteiger partial charge in [-0.1, -0.05) is 0 Å². The van der Waals surface area contributed by atoms with Crippen molar-refractivity contribution >= 4 is 12.0 Å². The zero-order chi connectivity index (χ0) is 21.6. The minimum Gasteiger partial charge on any atom is -0.450 e. The summed E-state index contributed by atoms with van der Waals surface area (Å²) in [6, 6.07) is 5.62. The van der Waals surface area contributed by atoms with Crippen molar-refractivity contribution in [2.24, 2.45) is 5.92 Å². The van der Waals surface area contributed by atoms with E-state index in [1.54, 1.807) is 15.8 Å². The number of aromatic amines is 1. The number of nitrogens with one attached hydrogen (secondary N) is 1. The van der Waals surface area contributed by atoms with Crippen molar-refractivity contribution in [1.82, 2.24) is 19.9 Å². The number of piperidine rings is 1. The van der Waals surface area contributed by atoms with E-state index in [4.69, 9.17) is 9.47 Å². The molecule has 2 aromatic heterocycles. The summed E-state index contributed by atoms with van der Waals surface area (Å²) < 4.78 is 12.4. The van der Waals surface area contributed by atoms with Gasteiger partial charge in [0.15, 0.2) is 6.20 Å². The summed E-state index contributed by atoms with van der Waals surface area (Å²) in [7, 11) is 0. The molecule has 0 radical (unpaired) electrons. The standard InChI is InChI=1S/C22H29N5O4/c1-2-31-22(29)25-11-6-19(7-12-25)26(15-17-8-13-30-16-17)21(28)18-4-5-20(23-14-18)27-10-3-9-24-27/h3-5,9-10,14,17,19H,2,6-8,11-13,15-16H2,1H3/p+1/t17-/m0/s1. The number of carbonyl (C=O) groups excluding carboxylic acids is 2. The summed E-state index contributed by atoms with van der Waals surface area (Å²) in [5.74, 6) is 1.05. The normalized spacial score (nSPS) is 19.4. The largest absolute Gasteiger partial charge is 0.450 e. The molecule has 0 saturated carbocycles. The van der Waals surface area contributed by atoms with Crippen LogP contribution in [0.1, 0.15) is 36.5 Å². The third-order valence-electron chi connectivity index (χ3n) is 5.96. The van der Waals surface area contributed by atoms with E-state index in [1.165, 1.54) is 0 Å². The van der Waals surface area contributed by atoms with E-state index in [9.17, 15) is 9.59 Å². The van der Waals surface area contributed by atoms with Crippen LogP contribution in [0.2, 0.25) is 0 Å². The monoisotopic (exact) mass is 428 g/mol. The second kappa shape index (κ2) is 9.91. The molecule has 2 amide bonds. The highest BCUT2D eigenvalue weighted by Gasteiger charge is 2.33. The lowest BCUT2D eigenvalue weighted by atomic mass is 9.99. The van der Waals surface area contributed by atoms with Crippen molar-refractivity contribution in [2.45, 2.75) is 32.2 Å². The molecule has 2 saturated heterocycles. The second-order valence-electron chi connectivity index (χ2n) is 8.02. The fourth-order valence-corrected chi connectivity index (χ4v) is 4.24. The number of amides is 2. The molecule has 9 heteroatoms. The predicted molar refractivity (Wildman–Crippen MR) is 112 cm³/mol. The first-order chi connectivity index (χ1) is 15.2. The Bertz CT molecular complexity index is 857. The van der Waals surface area contributed by atoms with Crippen LogP contribution in [0, 0.1) is 5.92 Å². The smallest absolute Gasteiger partial charge is 0.409 e. The summed E-state index contributed by atoms with van der Waals surface area (Å²) in [6.45, 7) is 5.46. The number of aromatic nitrogens is 3. The molecule has 2 aliphatic heterocycles. The molecule has 2 aromatic rings. The number of pyridine rings is 1. The van der Waals surface area contributed by atoms with E-state index in [0.717, 1.165) is 31.7 Å². The molecule has 31 heavy (non-hydrogen) atoms. The second-order valence-corrected chi connectivity index (χ2v) is 8.02. The van der Waals surface area contributed by atoms with Crippen LogP contribution in [-0.4, -0.2) is 77.4 Å². The van der Waals surface area contributed by atoms with Crippen molar-refractivity contribution < 1.29 is 23.7 Å². The van der Waals surface area contributed by atoms with Gasteiger partial charge >= 0.3 is 11.9 Å². The number of hydrogen-bond acceptors (Lipinski definition) is 5. The molecule has 1 N–H and O–H groups in total. The maximum absolute atomic E-state index is 13.5. The van der Waals surface area contributed by atoms with Gasteiger partial charge in [-0.25, -0.2) is 9.89 Å². The van der Waals surface area contributed by atoms with Gasteiger partial charge in [-0.05, 0) is 43.3 Å². The van der Waals surface area contributed by atoms with Gasteiger partial charge in [0.1, 0.15) is 6.20 Å². The molecular formula is C22H30N5O4+. The molecule has 0 bridgehead atoms. The molecular weight excluding hydrogens is 398 g/mol. The Balaban J connectivity index is 1.47. The number of rotatable bonds is 6. The summed E-state index contributed by atoms with van der Waals surface area (Å²) in [6.07, 6.45) is 7.49. The van der Waals surface area contributed by atoms with E-state index in [2.05, 4.69) is 10.1 Å². The molecule has 4 heterocycles. The van der Waals surface area contributed by atoms with Crippen molar-refractivity contribution in [3.05, 3.63) is 42.4 Å². The molecule has 0 aliphatic carbocycles. The zero-order valence-corrected chi connectivity index (χ0v) is 17.9. The Kier molecular flexibility index (Phi) is 6.81. The first-order valence-electron chi connectivity index (χ1n) is 11.0. The van der Waals surface area contributed by atoms with Crippen LogP contribution in [0.5, 0.6) is 0 Å². The van der Waals surface area contributed by atoms with Gasteiger partial charge in [-0.15, -0.1) is 4.68 Å². The van der Waals surface area contributed by atoms with Gasteiger partial charge < -0.3 is 19.3 Å². The lowest BCUT2D eigenvalue weighted by Crippen LogP contribution is -2.50. The van der Waals surface area contributed by atoms with Crippen LogP contribution in [-0.2, 0) is 9.47 Å². The summed E-state index contributed by atoms with van der Waals surface area (Å²) in [5, 5.41) is 3.05. The Morgan fingerprint density at radius 2 is 2.16 bits per heavy atom. The maximum atomic E-state index is 13.5. The third kappa shape index (κ3) is 5.04. The van der Waals surface area contributed by atoms with E-state index >= 15 is 0 Å². The van der Waals surface area contributed by atoms with Crippen LogP contribution in [0.25, 0.3) is 5.82 Å². The maximum Gasteiger partial charge on any atom is 0.409 e. The van der Waals surface area contributed by atoms with Crippen molar-refractivity contribution in [3.8, 4) is 5.82 Å². The zero-order valence-electron chi connectivity index (χ0n) is 17.9. The number of carbonyl (C=O) groups is 2. The van der Waals surface area contributed by atoms with Crippen molar-refractivity contribution in [2.75, 3.05) is 39.5 Å². The molecule has 166 valence electrons. The fourth-order valence-electron chi connectivity index (χ4n) is 4.24. The van der Waals surface area contributed by atoms with Gasteiger partial charge in [0.25, 0.3) is 5.91 Å². The van der Waals surface area contributed by atoms with E-state index in [0.29, 0.717) is 44.3 Å². The Morgan fingerprint density at radius 3 is 2.77 bits per heavy atom. The highest BCUT2D eigenvalue weighted by molar-refractivity contribution is 5.94. The van der Waals surface area contributed by atoms with E-state index in [-0.39, 0.29) is 18.0 Å². The topological polar surface area (TPSA) is 91.6 Å². The number of nitrogens with zero attached hydrogens (tertiary/aromatic N) is 4. The predicted octanol–water partition coefficient (Wildman–Crippen LogP) is 1.79. The quantitative estimate of drug-likeness (QED) is 0.709. The van der Waals surface area contributed by atoms with Gasteiger partial charge in [0.05, 0.1) is 18.8 Å². The molecule has 4 rings (SSSR count).